The van der Waals surface area contributed by atoms with Gasteiger partial charge in [0.2, 0.25) is 0 Å². The second-order valence-corrected chi connectivity index (χ2v) is 17.2. The molecule has 0 radical (unpaired) electrons. The first-order valence-corrected chi connectivity index (χ1v) is 22.4. The molecular formula is C47H63Cl2N9O4. The Balaban J connectivity index is 0.000000169. The molecule has 0 saturated heterocycles. The third-order valence-corrected chi connectivity index (χ3v) is 13.7. The van der Waals surface area contributed by atoms with E-state index in [1.807, 2.05) is 79.8 Å². The fraction of sp³-hybridized carbons (Fsp3) is 0.489. The molecule has 0 atom stereocenters. The van der Waals surface area contributed by atoms with Crippen LogP contribution in [0.4, 0.5) is 11.4 Å². The van der Waals surface area contributed by atoms with Gasteiger partial charge in [0.15, 0.2) is 24.2 Å². The molecule has 0 spiro atoms. The number of carbonyl (C=O) groups is 3. The Morgan fingerprint density at radius 1 is 0.871 bits per heavy atom. The van der Waals surface area contributed by atoms with Crippen molar-refractivity contribution in [3.63, 3.8) is 0 Å². The van der Waals surface area contributed by atoms with Crippen LogP contribution in [0.2, 0.25) is 10.0 Å². The number of benzene rings is 2. The number of aldehydes is 2. The van der Waals surface area contributed by atoms with Gasteiger partial charge in [-0.2, -0.15) is 5.10 Å². The van der Waals surface area contributed by atoms with Crippen molar-refractivity contribution in [3.8, 4) is 11.1 Å². The largest absolute Gasteiger partial charge is 0.481 e. The van der Waals surface area contributed by atoms with Crippen molar-refractivity contribution in [1.29, 1.82) is 0 Å². The smallest absolute Gasteiger partial charge is 0.309 e. The number of fused-ring (bicyclic) bond motifs is 3. The predicted molar refractivity (Wildman–Crippen MR) is 249 cm³/mol. The third kappa shape index (κ3) is 10.8. The molecule has 2 bridgehead atoms. The minimum Gasteiger partial charge on any atom is -0.481 e. The molecule has 13 nitrogen and oxygen atoms in total. The molecule has 1 aliphatic heterocycles. The summed E-state index contributed by atoms with van der Waals surface area (Å²) in [7, 11) is 7.50. The number of carbonyl (C=O) groups excluding carboxylic acids is 2. The Morgan fingerprint density at radius 2 is 1.48 bits per heavy atom. The summed E-state index contributed by atoms with van der Waals surface area (Å²) in [4.78, 5) is 44.4. The van der Waals surface area contributed by atoms with Crippen LogP contribution in [0.25, 0.3) is 11.1 Å². The predicted octanol–water partition coefficient (Wildman–Crippen LogP) is 9.48. The van der Waals surface area contributed by atoms with Crippen LogP contribution in [0.15, 0.2) is 48.7 Å². The van der Waals surface area contributed by atoms with Crippen molar-refractivity contribution in [1.82, 2.24) is 34.2 Å². The first-order chi connectivity index (χ1) is 29.8. The number of hydrogen-bond donors (Lipinski definition) is 4. The van der Waals surface area contributed by atoms with E-state index < -0.39 is 11.4 Å². The van der Waals surface area contributed by atoms with E-state index in [0.29, 0.717) is 21.7 Å². The second kappa shape index (κ2) is 21.9. The van der Waals surface area contributed by atoms with Crippen LogP contribution in [0.3, 0.4) is 0 Å². The van der Waals surface area contributed by atoms with Crippen LogP contribution in [0.1, 0.15) is 115 Å². The average molecular weight is 889 g/mol. The van der Waals surface area contributed by atoms with Crippen molar-refractivity contribution >= 4 is 53.1 Å². The van der Waals surface area contributed by atoms with Gasteiger partial charge in [-0.25, -0.2) is 9.97 Å². The van der Waals surface area contributed by atoms with Gasteiger partial charge in [-0.15, -0.1) is 0 Å². The molecule has 15 heteroatoms. The van der Waals surface area contributed by atoms with E-state index in [4.69, 9.17) is 23.2 Å². The number of H-pyrrole nitrogens is 1. The molecular weight excluding hydrogens is 825 g/mol. The van der Waals surface area contributed by atoms with Crippen molar-refractivity contribution in [3.05, 3.63) is 98.8 Å². The van der Waals surface area contributed by atoms with Crippen LogP contribution in [-0.2, 0) is 51.1 Å². The van der Waals surface area contributed by atoms with Crippen LogP contribution in [0, 0.1) is 10.8 Å². The number of carboxylic acid groups (broad SMARTS) is 1. The van der Waals surface area contributed by atoms with Gasteiger partial charge < -0.3 is 24.9 Å². The number of hydrogen-bond acceptors (Lipinski definition) is 9. The summed E-state index contributed by atoms with van der Waals surface area (Å²) in [5, 5.41) is 23.6. The molecule has 4 heterocycles. The van der Waals surface area contributed by atoms with Crippen LogP contribution >= 0.6 is 23.2 Å². The molecule has 2 aromatic carbocycles. The Kier molecular flexibility index (Phi) is 17.0. The molecule has 8 rings (SSSR count). The van der Waals surface area contributed by atoms with Crippen molar-refractivity contribution < 1.29 is 19.5 Å². The zero-order chi connectivity index (χ0) is 45.0. The highest BCUT2D eigenvalue weighted by Crippen LogP contribution is 2.63. The van der Waals surface area contributed by atoms with Crippen LogP contribution in [0.5, 0.6) is 0 Å². The lowest BCUT2D eigenvalue weighted by Crippen LogP contribution is -2.34. The van der Waals surface area contributed by atoms with E-state index in [1.165, 1.54) is 17.1 Å². The first kappa shape index (κ1) is 48.1. The number of aryl methyl sites for hydroxylation is 2. The summed E-state index contributed by atoms with van der Waals surface area (Å²) in [5.41, 5.74) is 9.11. The maximum atomic E-state index is 11.6. The highest BCUT2D eigenvalue weighted by Gasteiger charge is 2.57. The summed E-state index contributed by atoms with van der Waals surface area (Å²) in [5.74, 6) is 0.470. The molecule has 2 aliphatic carbocycles. The zero-order valence-corrected chi connectivity index (χ0v) is 38.8. The van der Waals surface area contributed by atoms with Gasteiger partial charge in [0.1, 0.15) is 0 Å². The van der Waals surface area contributed by atoms with Gasteiger partial charge in [-0.05, 0) is 87.9 Å². The SMILES string of the molecule is CCCc1c(CC)nc(C=O)n1C.CCc1ccn[nH]1.CNc1cccc(-c2cccc(NC)c2Cl)c1Cl.Cn1c(C=O)nc2c1CCN(CCC13CCC(C(=O)O)(CC1)C3)C2. The number of halogens is 2. The topological polar surface area (TPSA) is 163 Å². The molecule has 5 aromatic rings. The molecule has 4 N–H and O–H groups in total. The number of nitrogens with one attached hydrogen (secondary N) is 3. The van der Waals surface area contributed by atoms with E-state index >= 15 is 0 Å². The van der Waals surface area contributed by atoms with Gasteiger partial charge in [0.05, 0.1) is 38.2 Å². The van der Waals surface area contributed by atoms with Crippen LogP contribution in [-0.4, -0.2) is 85.0 Å². The number of aromatic nitrogens is 6. The van der Waals surface area contributed by atoms with E-state index in [2.05, 4.69) is 56.5 Å². The Hall–Kier alpha value is -4.98. The number of carboxylic acids is 1. The summed E-state index contributed by atoms with van der Waals surface area (Å²) < 4.78 is 3.81. The minimum absolute atomic E-state index is 0.247. The highest BCUT2D eigenvalue weighted by atomic mass is 35.5. The lowest BCUT2D eigenvalue weighted by Gasteiger charge is -2.32. The van der Waals surface area contributed by atoms with Crippen molar-refractivity contribution in [2.24, 2.45) is 24.9 Å². The molecule has 0 amide bonds. The zero-order valence-electron chi connectivity index (χ0n) is 37.3. The lowest BCUT2D eigenvalue weighted by molar-refractivity contribution is -0.148. The third-order valence-electron chi connectivity index (χ3n) is 12.9. The van der Waals surface area contributed by atoms with Gasteiger partial charge >= 0.3 is 5.97 Å². The normalized spacial score (nSPS) is 18.6. The molecule has 334 valence electrons. The number of anilines is 2. The maximum absolute atomic E-state index is 11.6. The average Bonchev–Trinajstić information content (AvgIpc) is 4.14. The molecule has 3 aliphatic rings. The van der Waals surface area contributed by atoms with E-state index in [9.17, 15) is 19.5 Å². The lowest BCUT2D eigenvalue weighted by atomic mass is 9.80. The quantitative estimate of drug-likeness (QED) is 0.0838. The number of aliphatic carboxylic acids is 1. The number of imidazole rings is 2. The van der Waals surface area contributed by atoms with Gasteiger partial charge in [0, 0.05) is 82.1 Å². The molecule has 2 fully saturated rings. The highest BCUT2D eigenvalue weighted by molar-refractivity contribution is 6.39. The summed E-state index contributed by atoms with van der Waals surface area (Å²) in [6, 6.07) is 13.7. The molecule has 0 unspecified atom stereocenters. The maximum Gasteiger partial charge on any atom is 0.309 e. The van der Waals surface area contributed by atoms with E-state index in [-0.39, 0.29) is 5.41 Å². The first-order valence-electron chi connectivity index (χ1n) is 21.7. The van der Waals surface area contributed by atoms with E-state index in [0.717, 1.165) is 137 Å². The van der Waals surface area contributed by atoms with Gasteiger partial charge in [-0.1, -0.05) is 74.7 Å². The Bertz CT molecular complexity index is 2220. The Labute approximate surface area is 376 Å². The number of aromatic amines is 1. The monoisotopic (exact) mass is 887 g/mol. The number of rotatable bonds is 13. The second-order valence-electron chi connectivity index (χ2n) is 16.5. The van der Waals surface area contributed by atoms with Crippen molar-refractivity contribution in [2.75, 3.05) is 37.8 Å². The molecule has 62 heavy (non-hydrogen) atoms. The fourth-order valence-electron chi connectivity index (χ4n) is 9.15. The summed E-state index contributed by atoms with van der Waals surface area (Å²) in [6.07, 6.45) is 14.2. The minimum atomic E-state index is -0.584. The van der Waals surface area contributed by atoms with Crippen molar-refractivity contribution in [2.45, 2.75) is 97.9 Å². The molecule has 2 saturated carbocycles. The summed E-state index contributed by atoms with van der Waals surface area (Å²) >= 11 is 12.7. The Morgan fingerprint density at radius 3 is 1.95 bits per heavy atom. The molecule has 3 aromatic heterocycles. The van der Waals surface area contributed by atoms with Gasteiger partial charge in [0.25, 0.3) is 0 Å². The fourth-order valence-corrected chi connectivity index (χ4v) is 9.79. The van der Waals surface area contributed by atoms with E-state index in [1.54, 1.807) is 6.20 Å². The summed E-state index contributed by atoms with van der Waals surface area (Å²) in [6.45, 7) is 9.08. The van der Waals surface area contributed by atoms with Gasteiger partial charge in [-0.3, -0.25) is 24.4 Å². The van der Waals surface area contributed by atoms with Crippen LogP contribution < -0.4 is 10.6 Å². The number of nitrogens with zero attached hydrogens (tertiary/aromatic N) is 6. The standard InChI is InChI=1S/C18H25N3O3.C14H14Cl2N2.C10H16N2O.C5H8N2/c1-20-14-2-8-21(10-13(14)19-15(20)11-22)9-7-17-3-5-18(12-17,6-4-17)16(23)24;1-17-11-7-3-5-9(13(11)15)10-6-4-8-12(18-2)14(10)16;1-4-6-9-8(5-2)11-10(7-13)12(9)3;1-2-5-3-4-6-7-5/h11H,2-10,12H2,1H3,(H,23,24);3-8,17-18H,1-2H3;7H,4-6H2,1-3H3;3-4H,2H2,1H3,(H,6,7).